The first kappa shape index (κ1) is 20.8. The van der Waals surface area contributed by atoms with E-state index in [-0.39, 0.29) is 32.7 Å². The molecule has 0 saturated carbocycles. The third-order valence-corrected chi connectivity index (χ3v) is 2.77. The molecule has 0 aliphatic carbocycles. The third-order valence-electron chi connectivity index (χ3n) is 2.77. The fourth-order valence-electron chi connectivity index (χ4n) is 1.69. The fourth-order valence-corrected chi connectivity index (χ4v) is 1.69. The van der Waals surface area contributed by atoms with Crippen molar-refractivity contribution in [1.82, 2.24) is 0 Å². The molecule has 0 amide bonds. The fraction of sp³-hybridized carbons (Fsp3) is 0.556. The molecule has 0 aromatic rings. The molecule has 0 rings (SSSR count). The van der Waals surface area contributed by atoms with E-state index in [9.17, 15) is 9.59 Å². The molecule has 126 valence electrons. The highest BCUT2D eigenvalue weighted by Gasteiger charge is 2.48. The van der Waals surface area contributed by atoms with Crippen molar-refractivity contribution in [3.63, 3.8) is 0 Å². The molecule has 23 heavy (non-hydrogen) atoms. The summed E-state index contributed by atoms with van der Waals surface area (Å²) in [6, 6.07) is 0. The Balaban J connectivity index is 5.13. The van der Waals surface area contributed by atoms with Crippen molar-refractivity contribution in [2.24, 2.45) is 5.41 Å². The van der Waals surface area contributed by atoms with E-state index in [4.69, 9.17) is 20.6 Å². The van der Waals surface area contributed by atoms with Gasteiger partial charge in [-0.3, -0.25) is 9.59 Å². The maximum absolute atomic E-state index is 12.3. The number of ether oxygens (including phenoxy) is 3. The second kappa shape index (κ2) is 11.3. The zero-order valence-corrected chi connectivity index (χ0v) is 14.1. The Labute approximate surface area is 138 Å². The predicted octanol–water partition coefficient (Wildman–Crippen LogP) is 2.11. The maximum atomic E-state index is 12.3. The lowest BCUT2D eigenvalue weighted by Gasteiger charge is -2.25. The van der Waals surface area contributed by atoms with E-state index in [0.717, 1.165) is 5.57 Å². The van der Waals surface area contributed by atoms with Gasteiger partial charge in [0.1, 0.15) is 6.61 Å². The van der Waals surface area contributed by atoms with Gasteiger partial charge >= 0.3 is 11.9 Å². The summed E-state index contributed by atoms with van der Waals surface area (Å²) in [6.45, 7) is 9.70. The van der Waals surface area contributed by atoms with Gasteiger partial charge in [0.05, 0.1) is 19.8 Å². The summed E-state index contributed by atoms with van der Waals surface area (Å²) in [7, 11) is 0. The Morgan fingerprint density at radius 2 is 1.65 bits per heavy atom. The smallest absolute Gasteiger partial charge is 0.325 e. The molecule has 0 bridgehead atoms. The van der Waals surface area contributed by atoms with Crippen molar-refractivity contribution in [1.29, 1.82) is 0 Å². The zero-order valence-electron chi connectivity index (χ0n) is 14.1. The van der Waals surface area contributed by atoms with E-state index < -0.39 is 17.4 Å². The van der Waals surface area contributed by atoms with Gasteiger partial charge in [-0.1, -0.05) is 24.0 Å². The van der Waals surface area contributed by atoms with Gasteiger partial charge in [-0.05, 0) is 20.8 Å². The van der Waals surface area contributed by atoms with Crippen molar-refractivity contribution in [2.45, 2.75) is 33.6 Å². The summed E-state index contributed by atoms with van der Waals surface area (Å²) in [5.74, 6) is 6.43. The second-order valence-corrected chi connectivity index (χ2v) is 4.88. The van der Waals surface area contributed by atoms with Crippen LogP contribution in [0.5, 0.6) is 0 Å². The standard InChI is InChI=1S/C18H24O5/c1-6-11-18(16(19)22-7-2,17(20)23-8-3)12-9-10-13-21-14-15(4)5/h1H,4,7-8,11-14H2,2-3,5H3. The van der Waals surface area contributed by atoms with Crippen LogP contribution in [0.1, 0.15) is 33.6 Å². The van der Waals surface area contributed by atoms with Gasteiger partial charge in [0.2, 0.25) is 0 Å². The van der Waals surface area contributed by atoms with E-state index in [1.54, 1.807) is 13.8 Å². The van der Waals surface area contributed by atoms with Crippen molar-refractivity contribution in [3.05, 3.63) is 12.2 Å². The number of hydrogen-bond acceptors (Lipinski definition) is 5. The molecular weight excluding hydrogens is 296 g/mol. The van der Waals surface area contributed by atoms with Gasteiger partial charge in [-0.2, -0.15) is 0 Å². The number of rotatable bonds is 9. The van der Waals surface area contributed by atoms with Crippen molar-refractivity contribution >= 4 is 11.9 Å². The highest BCUT2D eigenvalue weighted by molar-refractivity contribution is 6.00. The lowest BCUT2D eigenvalue weighted by atomic mass is 9.81. The Morgan fingerprint density at radius 1 is 1.09 bits per heavy atom. The number of hydrogen-bond donors (Lipinski definition) is 0. The SMILES string of the molecule is C#CCC(CC#CCOCC(=C)C)(C(=O)OCC)C(=O)OCC. The summed E-state index contributed by atoms with van der Waals surface area (Å²) in [5, 5.41) is 0. The Morgan fingerprint density at radius 3 is 2.09 bits per heavy atom. The van der Waals surface area contributed by atoms with E-state index in [1.807, 2.05) is 6.92 Å². The van der Waals surface area contributed by atoms with Gasteiger partial charge in [0.25, 0.3) is 0 Å². The Hall–Kier alpha value is -2.24. The van der Waals surface area contributed by atoms with Crippen LogP contribution in [-0.4, -0.2) is 38.4 Å². The van der Waals surface area contributed by atoms with Crippen molar-refractivity contribution in [2.75, 3.05) is 26.4 Å². The number of carbonyl (C=O) groups is 2. The topological polar surface area (TPSA) is 61.8 Å². The molecule has 0 aliphatic rings. The van der Waals surface area contributed by atoms with Gasteiger partial charge in [-0.25, -0.2) is 0 Å². The Bertz CT molecular complexity index is 498. The van der Waals surface area contributed by atoms with Crippen LogP contribution in [0.25, 0.3) is 0 Å². The lowest BCUT2D eigenvalue weighted by Crippen LogP contribution is -2.41. The van der Waals surface area contributed by atoms with Crippen LogP contribution in [-0.2, 0) is 23.8 Å². The average molecular weight is 320 g/mol. The van der Waals surface area contributed by atoms with Gasteiger partial charge in [0, 0.05) is 12.8 Å². The van der Waals surface area contributed by atoms with Crippen LogP contribution >= 0.6 is 0 Å². The minimum atomic E-state index is -1.60. The summed E-state index contributed by atoms with van der Waals surface area (Å²) >= 11 is 0. The average Bonchev–Trinajstić information content (AvgIpc) is 2.49. The first-order valence-electron chi connectivity index (χ1n) is 7.40. The quantitative estimate of drug-likeness (QED) is 0.214. The molecule has 0 heterocycles. The van der Waals surface area contributed by atoms with Crippen molar-refractivity contribution in [3.8, 4) is 24.2 Å². The van der Waals surface area contributed by atoms with E-state index >= 15 is 0 Å². The molecule has 0 aliphatic heterocycles. The van der Waals surface area contributed by atoms with Crippen LogP contribution in [0.3, 0.4) is 0 Å². The van der Waals surface area contributed by atoms with Crippen LogP contribution in [0, 0.1) is 29.6 Å². The molecule has 0 aromatic carbocycles. The zero-order chi connectivity index (χ0) is 17.7. The van der Waals surface area contributed by atoms with Crippen molar-refractivity contribution < 1.29 is 23.8 Å². The molecule has 0 saturated heterocycles. The van der Waals surface area contributed by atoms with Crippen LogP contribution < -0.4 is 0 Å². The molecule has 0 spiro atoms. The minimum Gasteiger partial charge on any atom is -0.465 e. The van der Waals surface area contributed by atoms with Crippen LogP contribution in [0.2, 0.25) is 0 Å². The molecule has 5 nitrogen and oxygen atoms in total. The summed E-state index contributed by atoms with van der Waals surface area (Å²) in [6.07, 6.45) is 5.11. The highest BCUT2D eigenvalue weighted by atomic mass is 16.6. The lowest BCUT2D eigenvalue weighted by molar-refractivity contribution is -0.171. The molecule has 0 N–H and O–H groups in total. The monoisotopic (exact) mass is 320 g/mol. The molecule has 0 aromatic heterocycles. The first-order valence-corrected chi connectivity index (χ1v) is 7.40. The second-order valence-electron chi connectivity index (χ2n) is 4.88. The van der Waals surface area contributed by atoms with Gasteiger partial charge in [0.15, 0.2) is 5.41 Å². The predicted molar refractivity (Wildman–Crippen MR) is 87.2 cm³/mol. The first-order chi connectivity index (χ1) is 10.9. The molecule has 5 heteroatoms. The van der Waals surface area contributed by atoms with Crippen LogP contribution in [0.4, 0.5) is 0 Å². The largest absolute Gasteiger partial charge is 0.465 e. The Kier molecular flexibility index (Phi) is 10.2. The molecule has 0 fully saturated rings. The van der Waals surface area contributed by atoms with Gasteiger partial charge in [-0.15, -0.1) is 12.3 Å². The summed E-state index contributed by atoms with van der Waals surface area (Å²) in [5.41, 5.74) is -0.714. The van der Waals surface area contributed by atoms with E-state index in [1.165, 1.54) is 0 Å². The normalized spacial score (nSPS) is 10.0. The van der Waals surface area contributed by atoms with Gasteiger partial charge < -0.3 is 14.2 Å². The van der Waals surface area contributed by atoms with Crippen LogP contribution in [0.15, 0.2) is 12.2 Å². The maximum Gasteiger partial charge on any atom is 0.325 e. The van der Waals surface area contributed by atoms with E-state index in [0.29, 0.717) is 6.61 Å². The third kappa shape index (κ3) is 7.04. The highest BCUT2D eigenvalue weighted by Crippen LogP contribution is 2.30. The molecule has 0 unspecified atom stereocenters. The number of esters is 2. The van der Waals surface area contributed by atoms with E-state index in [2.05, 4.69) is 24.3 Å². The molecule has 0 radical (unpaired) electrons. The summed E-state index contributed by atoms with van der Waals surface area (Å²) in [4.78, 5) is 24.5. The molecule has 0 atom stereocenters. The number of terminal acetylenes is 1. The summed E-state index contributed by atoms with van der Waals surface area (Å²) < 4.78 is 15.2. The minimum absolute atomic E-state index is 0.0781. The molecular formula is C18H24O5. The number of carbonyl (C=O) groups excluding carboxylic acids is 2.